The zero-order valence-electron chi connectivity index (χ0n) is 10.8. The van der Waals surface area contributed by atoms with Crippen LogP contribution >= 0.6 is 0 Å². The molecule has 0 spiro atoms. The predicted molar refractivity (Wildman–Crippen MR) is 65.6 cm³/mol. The zero-order valence-corrected chi connectivity index (χ0v) is 10.8. The highest BCUT2D eigenvalue weighted by Crippen LogP contribution is 2.19. The fourth-order valence-corrected chi connectivity index (χ4v) is 2.33. The Morgan fingerprint density at radius 3 is 2.29 bits per heavy atom. The smallest absolute Gasteiger partial charge is 0.306 e. The van der Waals surface area contributed by atoms with Crippen molar-refractivity contribution in [2.24, 2.45) is 11.8 Å². The number of hydrogen-bond donors (Lipinski definition) is 1. The van der Waals surface area contributed by atoms with E-state index < -0.39 is 5.97 Å². The molecule has 1 N–H and O–H groups in total. The van der Waals surface area contributed by atoms with Gasteiger partial charge in [0.2, 0.25) is 5.91 Å². The second-order valence-corrected chi connectivity index (χ2v) is 5.29. The van der Waals surface area contributed by atoms with E-state index in [2.05, 4.69) is 0 Å². The molecule has 0 aliphatic carbocycles. The van der Waals surface area contributed by atoms with Gasteiger partial charge < -0.3 is 10.0 Å². The van der Waals surface area contributed by atoms with Crippen molar-refractivity contribution >= 4 is 11.9 Å². The third kappa shape index (κ3) is 4.75. The molecule has 1 amide bonds. The summed E-state index contributed by atoms with van der Waals surface area (Å²) < 4.78 is 0. The van der Waals surface area contributed by atoms with E-state index in [1.165, 1.54) is 0 Å². The van der Waals surface area contributed by atoms with Crippen LogP contribution in [0.25, 0.3) is 0 Å². The van der Waals surface area contributed by atoms with Gasteiger partial charge in [0, 0.05) is 19.5 Å². The van der Waals surface area contributed by atoms with Gasteiger partial charge in [-0.2, -0.15) is 0 Å². The molecule has 1 saturated heterocycles. The second-order valence-electron chi connectivity index (χ2n) is 5.29. The molecule has 4 heteroatoms. The molecule has 1 rings (SSSR count). The first-order valence-electron chi connectivity index (χ1n) is 6.51. The third-order valence-electron chi connectivity index (χ3n) is 3.27. The fraction of sp³-hybridized carbons (Fsp3) is 0.846. The Balaban J connectivity index is 2.35. The molecule has 98 valence electrons. The summed E-state index contributed by atoms with van der Waals surface area (Å²) in [5.41, 5.74) is 0. The minimum absolute atomic E-state index is 0.123. The Morgan fingerprint density at radius 1 is 1.24 bits per heavy atom. The summed E-state index contributed by atoms with van der Waals surface area (Å²) >= 11 is 0. The van der Waals surface area contributed by atoms with Gasteiger partial charge in [0.25, 0.3) is 0 Å². The topological polar surface area (TPSA) is 57.6 Å². The van der Waals surface area contributed by atoms with Gasteiger partial charge in [-0.1, -0.05) is 13.8 Å². The van der Waals surface area contributed by atoms with E-state index in [-0.39, 0.29) is 11.8 Å². The van der Waals surface area contributed by atoms with Gasteiger partial charge in [0.05, 0.1) is 5.92 Å². The number of hydrogen-bond acceptors (Lipinski definition) is 2. The summed E-state index contributed by atoms with van der Waals surface area (Å²) in [4.78, 5) is 24.7. The van der Waals surface area contributed by atoms with E-state index in [9.17, 15) is 9.59 Å². The summed E-state index contributed by atoms with van der Waals surface area (Å²) in [6.07, 6.45) is 3.68. The lowest BCUT2D eigenvalue weighted by molar-refractivity contribution is -0.142. The lowest BCUT2D eigenvalue weighted by Gasteiger charge is -2.18. The molecule has 1 fully saturated rings. The summed E-state index contributed by atoms with van der Waals surface area (Å²) in [6, 6.07) is 0. The van der Waals surface area contributed by atoms with Crippen molar-refractivity contribution in [2.45, 2.75) is 46.0 Å². The number of likely N-dealkylation sites (tertiary alicyclic amines) is 1. The van der Waals surface area contributed by atoms with Crippen molar-refractivity contribution in [3.63, 3.8) is 0 Å². The Hall–Kier alpha value is -1.06. The van der Waals surface area contributed by atoms with Crippen LogP contribution in [0.3, 0.4) is 0 Å². The lowest BCUT2D eigenvalue weighted by Crippen LogP contribution is -2.28. The number of nitrogens with zero attached hydrogens (tertiary/aromatic N) is 1. The molecular formula is C13H23NO3. The van der Waals surface area contributed by atoms with E-state index in [1.54, 1.807) is 0 Å². The monoisotopic (exact) mass is 241 g/mol. The maximum atomic E-state index is 11.8. The van der Waals surface area contributed by atoms with Crippen molar-refractivity contribution < 1.29 is 14.7 Å². The average Bonchev–Trinajstić information content (AvgIpc) is 2.76. The predicted octanol–water partition coefficient (Wildman–Crippen LogP) is 2.14. The van der Waals surface area contributed by atoms with Gasteiger partial charge in [-0.15, -0.1) is 0 Å². The van der Waals surface area contributed by atoms with Gasteiger partial charge in [0.15, 0.2) is 0 Å². The minimum atomic E-state index is -0.770. The Labute approximate surface area is 103 Å². The molecule has 1 aliphatic rings. The highest BCUT2D eigenvalue weighted by Gasteiger charge is 2.23. The van der Waals surface area contributed by atoms with Gasteiger partial charge in [-0.25, -0.2) is 0 Å². The van der Waals surface area contributed by atoms with Crippen LogP contribution in [0.4, 0.5) is 0 Å². The summed E-state index contributed by atoms with van der Waals surface area (Å²) in [6.45, 7) is 5.72. The molecule has 1 atom stereocenters. The first-order valence-corrected chi connectivity index (χ1v) is 6.51. The number of rotatable bonds is 6. The van der Waals surface area contributed by atoms with Gasteiger partial charge >= 0.3 is 5.97 Å². The molecular weight excluding hydrogens is 218 g/mol. The van der Waals surface area contributed by atoms with E-state index >= 15 is 0 Å². The van der Waals surface area contributed by atoms with Crippen LogP contribution < -0.4 is 0 Å². The maximum Gasteiger partial charge on any atom is 0.306 e. The first kappa shape index (κ1) is 14.0. The van der Waals surface area contributed by atoms with Crippen molar-refractivity contribution in [1.82, 2.24) is 4.90 Å². The lowest BCUT2D eigenvalue weighted by atomic mass is 9.93. The minimum Gasteiger partial charge on any atom is -0.481 e. The normalized spacial score (nSPS) is 17.5. The van der Waals surface area contributed by atoms with Crippen LogP contribution in [0.2, 0.25) is 0 Å². The highest BCUT2D eigenvalue weighted by molar-refractivity contribution is 5.77. The zero-order chi connectivity index (χ0) is 12.8. The van der Waals surface area contributed by atoms with Crippen molar-refractivity contribution in [2.75, 3.05) is 13.1 Å². The Bertz CT molecular complexity index is 270. The molecule has 0 aromatic heterocycles. The van der Waals surface area contributed by atoms with Gasteiger partial charge in [-0.05, 0) is 31.6 Å². The molecule has 1 aliphatic heterocycles. The third-order valence-corrected chi connectivity index (χ3v) is 3.27. The van der Waals surface area contributed by atoms with Gasteiger partial charge in [0.1, 0.15) is 0 Å². The number of carbonyl (C=O) groups is 2. The highest BCUT2D eigenvalue weighted by atomic mass is 16.4. The SMILES string of the molecule is CC(C)CC(CCC(=O)N1CCCC1)C(=O)O. The molecule has 0 aromatic carbocycles. The van der Waals surface area contributed by atoms with Crippen LogP contribution in [-0.2, 0) is 9.59 Å². The first-order chi connectivity index (χ1) is 8.00. The van der Waals surface area contributed by atoms with E-state index in [1.807, 2.05) is 18.7 Å². The van der Waals surface area contributed by atoms with Crippen LogP contribution in [0.15, 0.2) is 0 Å². The van der Waals surface area contributed by atoms with Crippen molar-refractivity contribution in [3.05, 3.63) is 0 Å². The quantitative estimate of drug-likeness (QED) is 0.775. The molecule has 17 heavy (non-hydrogen) atoms. The number of carbonyl (C=O) groups excluding carboxylic acids is 1. The fourth-order valence-electron chi connectivity index (χ4n) is 2.33. The average molecular weight is 241 g/mol. The summed E-state index contributed by atoms with van der Waals surface area (Å²) in [7, 11) is 0. The van der Waals surface area contributed by atoms with Crippen LogP contribution in [0.1, 0.15) is 46.0 Å². The molecule has 1 unspecified atom stereocenters. The largest absolute Gasteiger partial charge is 0.481 e. The molecule has 0 aromatic rings. The standard InChI is InChI=1S/C13H23NO3/c1-10(2)9-11(13(16)17)5-6-12(15)14-7-3-4-8-14/h10-11H,3-9H2,1-2H3,(H,16,17). The number of carboxylic acids is 1. The van der Waals surface area contributed by atoms with Crippen molar-refractivity contribution in [3.8, 4) is 0 Å². The number of aliphatic carboxylic acids is 1. The molecule has 0 saturated carbocycles. The van der Waals surface area contributed by atoms with Crippen LogP contribution in [0.5, 0.6) is 0 Å². The van der Waals surface area contributed by atoms with E-state index in [0.717, 1.165) is 25.9 Å². The Morgan fingerprint density at radius 2 is 1.82 bits per heavy atom. The molecule has 0 radical (unpaired) electrons. The number of amides is 1. The molecule has 1 heterocycles. The molecule has 4 nitrogen and oxygen atoms in total. The van der Waals surface area contributed by atoms with E-state index in [0.29, 0.717) is 25.2 Å². The summed E-state index contributed by atoms with van der Waals surface area (Å²) in [5.74, 6) is -0.662. The Kier molecular flexibility index (Phi) is 5.45. The van der Waals surface area contributed by atoms with Crippen LogP contribution in [0, 0.1) is 11.8 Å². The van der Waals surface area contributed by atoms with E-state index in [4.69, 9.17) is 5.11 Å². The second kappa shape index (κ2) is 6.62. The number of carboxylic acid groups (broad SMARTS) is 1. The van der Waals surface area contributed by atoms with Gasteiger partial charge in [-0.3, -0.25) is 9.59 Å². The van der Waals surface area contributed by atoms with Crippen LogP contribution in [-0.4, -0.2) is 35.0 Å². The molecule has 0 bridgehead atoms. The summed E-state index contributed by atoms with van der Waals surface area (Å²) in [5, 5.41) is 9.08. The van der Waals surface area contributed by atoms with Crippen molar-refractivity contribution in [1.29, 1.82) is 0 Å². The maximum absolute atomic E-state index is 11.8.